The van der Waals surface area contributed by atoms with Crippen molar-refractivity contribution in [2.24, 2.45) is 0 Å². The Morgan fingerprint density at radius 3 is 2.24 bits per heavy atom. The molecule has 0 saturated heterocycles. The first-order chi connectivity index (χ1) is 17.6. The number of halogens is 1. The van der Waals surface area contributed by atoms with Gasteiger partial charge in [0.25, 0.3) is 0 Å². The fourth-order valence-electron chi connectivity index (χ4n) is 4.14. The monoisotopic (exact) mass is 549 g/mol. The molecule has 0 aromatic heterocycles. The van der Waals surface area contributed by atoms with Crippen LogP contribution in [0.2, 0.25) is 5.02 Å². The molecule has 0 saturated carbocycles. The SMILES string of the molecule is CCCCNC(=O)[C@@H](CC)N(Cc1ccccc1Cl)C(=O)CCCN(c1ccc(CC)cc1)S(C)(=O)=O. The number of carbonyl (C=O) groups excluding carboxylic acids is 2. The van der Waals surface area contributed by atoms with Gasteiger partial charge < -0.3 is 10.2 Å². The quantitative estimate of drug-likeness (QED) is 0.310. The number of hydrogen-bond acceptors (Lipinski definition) is 4. The maximum absolute atomic E-state index is 13.5. The lowest BCUT2D eigenvalue weighted by molar-refractivity contribution is -0.141. The van der Waals surface area contributed by atoms with E-state index in [1.54, 1.807) is 23.1 Å². The number of aryl methyl sites for hydroxylation is 1. The van der Waals surface area contributed by atoms with E-state index in [2.05, 4.69) is 12.2 Å². The molecule has 0 aliphatic carbocycles. The molecule has 7 nitrogen and oxygen atoms in total. The van der Waals surface area contributed by atoms with Gasteiger partial charge in [-0.05, 0) is 55.0 Å². The molecule has 0 unspecified atom stereocenters. The van der Waals surface area contributed by atoms with Crippen LogP contribution in [0.4, 0.5) is 5.69 Å². The van der Waals surface area contributed by atoms with Crippen molar-refractivity contribution in [3.05, 3.63) is 64.7 Å². The molecule has 0 bridgehead atoms. The van der Waals surface area contributed by atoms with E-state index in [0.29, 0.717) is 30.1 Å². The van der Waals surface area contributed by atoms with Crippen LogP contribution < -0.4 is 9.62 Å². The molecule has 1 atom stereocenters. The zero-order valence-electron chi connectivity index (χ0n) is 22.4. The van der Waals surface area contributed by atoms with E-state index in [4.69, 9.17) is 11.6 Å². The summed E-state index contributed by atoms with van der Waals surface area (Å²) in [5.41, 5.74) is 2.44. The molecule has 1 N–H and O–H groups in total. The molecular formula is C28H40ClN3O4S. The second kappa shape index (κ2) is 15.0. The van der Waals surface area contributed by atoms with E-state index in [9.17, 15) is 18.0 Å². The summed E-state index contributed by atoms with van der Waals surface area (Å²) in [6.07, 6.45) is 4.71. The second-order valence-corrected chi connectivity index (χ2v) is 11.5. The number of nitrogens with zero attached hydrogens (tertiary/aromatic N) is 2. The molecule has 0 spiro atoms. The van der Waals surface area contributed by atoms with Gasteiger partial charge in [0.1, 0.15) is 6.04 Å². The van der Waals surface area contributed by atoms with Crippen LogP contribution in [0.25, 0.3) is 0 Å². The Morgan fingerprint density at radius 1 is 1.00 bits per heavy atom. The number of amides is 2. The molecule has 9 heteroatoms. The Bertz CT molecular complexity index is 1120. The van der Waals surface area contributed by atoms with Gasteiger partial charge in [-0.25, -0.2) is 8.42 Å². The average molecular weight is 550 g/mol. The van der Waals surface area contributed by atoms with Crippen LogP contribution in [0.3, 0.4) is 0 Å². The summed E-state index contributed by atoms with van der Waals surface area (Å²) >= 11 is 6.38. The zero-order chi connectivity index (χ0) is 27.4. The van der Waals surface area contributed by atoms with Crippen molar-refractivity contribution in [2.45, 2.75) is 71.9 Å². The van der Waals surface area contributed by atoms with Crippen LogP contribution in [0.5, 0.6) is 0 Å². The van der Waals surface area contributed by atoms with Gasteiger partial charge in [-0.3, -0.25) is 13.9 Å². The predicted octanol–water partition coefficient (Wildman–Crippen LogP) is 5.17. The molecule has 2 aromatic rings. The fourth-order valence-corrected chi connectivity index (χ4v) is 5.30. The molecule has 204 valence electrons. The van der Waals surface area contributed by atoms with Crippen LogP contribution in [0, 0.1) is 0 Å². The Morgan fingerprint density at radius 2 is 1.68 bits per heavy atom. The third-order valence-corrected chi connectivity index (χ3v) is 7.86. The number of rotatable bonds is 15. The van der Waals surface area contributed by atoms with E-state index in [1.165, 1.54) is 10.6 Å². The highest BCUT2D eigenvalue weighted by Gasteiger charge is 2.29. The first-order valence-electron chi connectivity index (χ1n) is 13.0. The summed E-state index contributed by atoms with van der Waals surface area (Å²) in [7, 11) is -3.53. The number of hydrogen-bond donors (Lipinski definition) is 1. The van der Waals surface area contributed by atoms with Crippen LogP contribution in [-0.4, -0.2) is 50.5 Å². The minimum absolute atomic E-state index is 0.0995. The van der Waals surface area contributed by atoms with Crippen molar-refractivity contribution in [3.63, 3.8) is 0 Å². The van der Waals surface area contributed by atoms with E-state index in [0.717, 1.165) is 30.4 Å². The zero-order valence-corrected chi connectivity index (χ0v) is 23.9. The largest absolute Gasteiger partial charge is 0.354 e. The van der Waals surface area contributed by atoms with E-state index in [1.807, 2.05) is 44.2 Å². The van der Waals surface area contributed by atoms with E-state index < -0.39 is 16.1 Å². The van der Waals surface area contributed by atoms with Crippen molar-refractivity contribution >= 4 is 39.1 Å². The Kier molecular flexibility index (Phi) is 12.4. The average Bonchev–Trinajstić information content (AvgIpc) is 2.87. The molecule has 2 aromatic carbocycles. The lowest BCUT2D eigenvalue weighted by Crippen LogP contribution is -2.49. The molecule has 2 amide bonds. The summed E-state index contributed by atoms with van der Waals surface area (Å²) < 4.78 is 26.3. The lowest BCUT2D eigenvalue weighted by atomic mass is 10.1. The van der Waals surface area contributed by atoms with Crippen LogP contribution in [0.15, 0.2) is 48.5 Å². The summed E-state index contributed by atoms with van der Waals surface area (Å²) in [5, 5.41) is 3.47. The fraction of sp³-hybridized carbons (Fsp3) is 0.500. The van der Waals surface area contributed by atoms with Gasteiger partial charge in [0.05, 0.1) is 11.9 Å². The maximum Gasteiger partial charge on any atom is 0.242 e. The van der Waals surface area contributed by atoms with Crippen LogP contribution in [0.1, 0.15) is 64.0 Å². The molecule has 0 radical (unpaired) electrons. The Hall–Kier alpha value is -2.58. The maximum atomic E-state index is 13.5. The molecule has 0 heterocycles. The molecule has 0 fully saturated rings. The van der Waals surface area contributed by atoms with Crippen molar-refractivity contribution in [1.29, 1.82) is 0 Å². The van der Waals surface area contributed by atoms with Gasteiger partial charge in [0.15, 0.2) is 0 Å². The first kappa shape index (κ1) is 30.6. The molecule has 37 heavy (non-hydrogen) atoms. The highest BCUT2D eigenvalue weighted by atomic mass is 35.5. The predicted molar refractivity (Wildman–Crippen MR) is 151 cm³/mol. The smallest absolute Gasteiger partial charge is 0.242 e. The minimum Gasteiger partial charge on any atom is -0.354 e. The third-order valence-electron chi connectivity index (χ3n) is 6.30. The van der Waals surface area contributed by atoms with Gasteiger partial charge in [0, 0.05) is 31.1 Å². The summed E-state index contributed by atoms with van der Waals surface area (Å²) in [6.45, 7) is 6.88. The van der Waals surface area contributed by atoms with Gasteiger partial charge in [-0.1, -0.05) is 69.1 Å². The van der Waals surface area contributed by atoms with Crippen LogP contribution in [-0.2, 0) is 32.6 Å². The molecule has 0 aliphatic heterocycles. The number of anilines is 1. The van der Waals surface area contributed by atoms with Crippen LogP contribution >= 0.6 is 11.6 Å². The second-order valence-electron chi connectivity index (χ2n) is 9.14. The van der Waals surface area contributed by atoms with Gasteiger partial charge in [0.2, 0.25) is 21.8 Å². The Balaban J connectivity index is 2.20. The first-order valence-corrected chi connectivity index (χ1v) is 15.2. The standard InChI is InChI=1S/C28H40ClN3O4S/c1-5-8-19-30-28(34)26(7-3)31(21-23-12-9-10-13-25(23)29)27(33)14-11-20-32(37(4,35)36)24-17-15-22(6-2)16-18-24/h9-10,12-13,15-18,26H,5-8,11,14,19-21H2,1-4H3,(H,30,34)/t26-/m1/s1. The van der Waals surface area contributed by atoms with Crippen molar-refractivity contribution in [3.8, 4) is 0 Å². The summed E-state index contributed by atoms with van der Waals surface area (Å²) in [4.78, 5) is 28.0. The highest BCUT2D eigenvalue weighted by Crippen LogP contribution is 2.22. The molecule has 0 aliphatic rings. The van der Waals surface area contributed by atoms with Gasteiger partial charge in [-0.2, -0.15) is 0 Å². The number of sulfonamides is 1. The van der Waals surface area contributed by atoms with Gasteiger partial charge in [-0.15, -0.1) is 0 Å². The minimum atomic E-state index is -3.53. The summed E-state index contributed by atoms with van der Waals surface area (Å²) in [6, 6.07) is 14.0. The number of unbranched alkanes of at least 4 members (excludes halogenated alkanes) is 1. The normalized spacial score (nSPS) is 12.1. The van der Waals surface area contributed by atoms with Crippen molar-refractivity contribution in [1.82, 2.24) is 10.2 Å². The summed E-state index contributed by atoms with van der Waals surface area (Å²) in [5.74, 6) is -0.405. The van der Waals surface area contributed by atoms with Crippen molar-refractivity contribution in [2.75, 3.05) is 23.7 Å². The number of nitrogens with one attached hydrogen (secondary N) is 1. The van der Waals surface area contributed by atoms with Gasteiger partial charge >= 0.3 is 0 Å². The lowest BCUT2D eigenvalue weighted by Gasteiger charge is -2.31. The van der Waals surface area contributed by atoms with E-state index in [-0.39, 0.29) is 31.3 Å². The molecular weight excluding hydrogens is 510 g/mol. The number of benzene rings is 2. The molecule has 2 rings (SSSR count). The Labute approximate surface area is 227 Å². The topological polar surface area (TPSA) is 86.8 Å². The van der Waals surface area contributed by atoms with Crippen molar-refractivity contribution < 1.29 is 18.0 Å². The highest BCUT2D eigenvalue weighted by molar-refractivity contribution is 7.92. The number of carbonyl (C=O) groups is 2. The third kappa shape index (κ3) is 9.34. The van der Waals surface area contributed by atoms with E-state index >= 15 is 0 Å².